The number of likely N-dealkylation sites (tertiary alicyclic amines) is 1. The van der Waals surface area contributed by atoms with Crippen molar-refractivity contribution in [3.8, 4) is 5.75 Å². The Morgan fingerprint density at radius 3 is 2.64 bits per heavy atom. The van der Waals surface area contributed by atoms with Crippen LogP contribution >= 0.6 is 12.4 Å². The lowest BCUT2D eigenvalue weighted by Crippen LogP contribution is -2.51. The number of hydrogen-bond donors (Lipinski definition) is 2. The number of piperazine rings is 1. The van der Waals surface area contributed by atoms with Crippen LogP contribution in [0, 0.1) is 11.8 Å². The first-order valence-corrected chi connectivity index (χ1v) is 12.6. The predicted molar refractivity (Wildman–Crippen MR) is 135 cm³/mol. The van der Waals surface area contributed by atoms with Crippen molar-refractivity contribution in [3.63, 3.8) is 0 Å². The lowest BCUT2D eigenvalue weighted by molar-refractivity contribution is -0.133. The monoisotopic (exact) mass is 521 g/mol. The summed E-state index contributed by atoms with van der Waals surface area (Å²) >= 11 is 0. The number of nitrogens with one attached hydrogen (secondary N) is 2. The Balaban J connectivity index is 0.00000304. The van der Waals surface area contributed by atoms with Crippen LogP contribution in [0.3, 0.4) is 0 Å². The number of amides is 1. The van der Waals surface area contributed by atoms with E-state index < -0.39 is 11.8 Å². The molecule has 196 valence electrons. The van der Waals surface area contributed by atoms with Crippen molar-refractivity contribution in [2.45, 2.75) is 43.9 Å². The Morgan fingerprint density at radius 2 is 1.89 bits per heavy atom. The molecule has 0 bridgehead atoms. The second kappa shape index (κ2) is 12.3. The number of carbonyl (C=O) groups excluding carboxylic acids is 1. The minimum absolute atomic E-state index is 0. The van der Waals surface area contributed by atoms with Gasteiger partial charge in [-0.3, -0.25) is 9.69 Å². The van der Waals surface area contributed by atoms with Gasteiger partial charge in [0.25, 0.3) is 0 Å². The molecule has 5 rings (SSSR count). The van der Waals surface area contributed by atoms with E-state index in [0.717, 1.165) is 64.1 Å². The van der Waals surface area contributed by atoms with E-state index in [1.165, 1.54) is 12.3 Å². The molecular formula is C26H34ClF2N5O2. The molecule has 2 N–H and O–H groups in total. The highest BCUT2D eigenvalue weighted by Gasteiger charge is 2.42. The van der Waals surface area contributed by atoms with E-state index in [1.807, 2.05) is 11.0 Å². The lowest BCUT2D eigenvalue weighted by atomic mass is 10.0. The maximum absolute atomic E-state index is 14.6. The van der Waals surface area contributed by atoms with E-state index in [1.54, 1.807) is 18.2 Å². The van der Waals surface area contributed by atoms with Gasteiger partial charge in [0.05, 0.1) is 6.54 Å². The standard InChI is InChI=1S/C26H33F2N5O2.ClH/c27-22-5-1-4-20(25(22)35-17-18-3-2-8-30-26(18)28)21-15-23(21)31-19-6-11-33(12-7-19)24(34)16-32-13-9-29-10-14-32;/h1-5,8,19,21,23,29,31H,6-7,9-17H2;1H/t21-,23+;/m0./s1. The zero-order valence-corrected chi connectivity index (χ0v) is 21.1. The first-order chi connectivity index (χ1) is 17.1. The Bertz CT molecular complexity index is 1030. The van der Waals surface area contributed by atoms with Crippen molar-refractivity contribution in [1.82, 2.24) is 25.4 Å². The van der Waals surface area contributed by atoms with Gasteiger partial charge in [-0.05, 0) is 37.5 Å². The van der Waals surface area contributed by atoms with Gasteiger partial charge < -0.3 is 20.3 Å². The van der Waals surface area contributed by atoms with Crippen LogP contribution in [0.25, 0.3) is 0 Å². The van der Waals surface area contributed by atoms with Crippen molar-refractivity contribution in [2.75, 3.05) is 45.8 Å². The van der Waals surface area contributed by atoms with Crippen molar-refractivity contribution in [2.24, 2.45) is 0 Å². The van der Waals surface area contributed by atoms with E-state index in [4.69, 9.17) is 4.74 Å². The average Bonchev–Trinajstić information content (AvgIpc) is 3.64. The van der Waals surface area contributed by atoms with E-state index in [0.29, 0.717) is 18.2 Å². The summed E-state index contributed by atoms with van der Waals surface area (Å²) in [6, 6.07) is 8.77. The average molecular weight is 522 g/mol. The summed E-state index contributed by atoms with van der Waals surface area (Å²) in [4.78, 5) is 20.5. The third-order valence-corrected chi connectivity index (χ3v) is 7.26. The van der Waals surface area contributed by atoms with Gasteiger partial charge in [-0.15, -0.1) is 12.4 Å². The molecule has 10 heteroatoms. The number of para-hydroxylation sites is 1. The zero-order valence-electron chi connectivity index (χ0n) is 20.3. The highest BCUT2D eigenvalue weighted by Crippen LogP contribution is 2.46. The second-order valence-corrected chi connectivity index (χ2v) is 9.70. The summed E-state index contributed by atoms with van der Waals surface area (Å²) in [5.74, 6) is -0.464. The maximum Gasteiger partial charge on any atom is 0.236 e. The molecule has 1 saturated carbocycles. The summed E-state index contributed by atoms with van der Waals surface area (Å²) in [7, 11) is 0. The molecule has 1 aliphatic carbocycles. The summed E-state index contributed by atoms with van der Waals surface area (Å²) in [5, 5.41) is 7.02. The minimum Gasteiger partial charge on any atom is -0.485 e. The number of nitrogens with zero attached hydrogens (tertiary/aromatic N) is 3. The van der Waals surface area contributed by atoms with Crippen molar-refractivity contribution < 1.29 is 18.3 Å². The van der Waals surface area contributed by atoms with Crippen LogP contribution in [-0.4, -0.2) is 78.6 Å². The van der Waals surface area contributed by atoms with E-state index in [9.17, 15) is 13.6 Å². The number of hydrogen-bond acceptors (Lipinski definition) is 6. The number of benzene rings is 1. The summed E-state index contributed by atoms with van der Waals surface area (Å²) in [5.41, 5.74) is 1.11. The Labute approximate surface area is 217 Å². The second-order valence-electron chi connectivity index (χ2n) is 9.70. The first-order valence-electron chi connectivity index (χ1n) is 12.6. The van der Waals surface area contributed by atoms with Crippen molar-refractivity contribution >= 4 is 18.3 Å². The van der Waals surface area contributed by atoms with Crippen LogP contribution in [0.5, 0.6) is 5.75 Å². The van der Waals surface area contributed by atoms with E-state index >= 15 is 0 Å². The summed E-state index contributed by atoms with van der Waals surface area (Å²) < 4.78 is 34.2. The molecule has 3 aliphatic rings. The third-order valence-electron chi connectivity index (χ3n) is 7.26. The zero-order chi connectivity index (χ0) is 24.2. The Hall–Kier alpha value is -2.33. The van der Waals surface area contributed by atoms with Crippen LogP contribution in [0.1, 0.15) is 36.3 Å². The maximum atomic E-state index is 14.6. The molecule has 2 atom stereocenters. The van der Waals surface area contributed by atoms with Gasteiger partial charge in [-0.2, -0.15) is 4.39 Å². The number of pyridine rings is 1. The SMILES string of the molecule is Cl.O=C(CN1CCNCC1)N1CCC(N[C@@H]2C[C@H]2c2cccc(F)c2OCc2cccnc2F)CC1. The smallest absolute Gasteiger partial charge is 0.236 e. The van der Waals surface area contributed by atoms with Crippen LogP contribution < -0.4 is 15.4 Å². The molecule has 2 saturated heterocycles. The summed E-state index contributed by atoms with van der Waals surface area (Å²) in [6.45, 7) is 5.72. The third kappa shape index (κ3) is 6.51. The van der Waals surface area contributed by atoms with Crippen LogP contribution in [0.4, 0.5) is 8.78 Å². The topological polar surface area (TPSA) is 69.7 Å². The van der Waals surface area contributed by atoms with Crippen molar-refractivity contribution in [1.29, 1.82) is 0 Å². The molecule has 2 aliphatic heterocycles. The fourth-order valence-corrected chi connectivity index (χ4v) is 5.13. The number of piperidine rings is 1. The Morgan fingerprint density at radius 1 is 1.11 bits per heavy atom. The molecule has 36 heavy (non-hydrogen) atoms. The molecule has 3 fully saturated rings. The number of ether oxygens (including phenoxy) is 1. The minimum atomic E-state index is -0.603. The number of aromatic nitrogens is 1. The molecule has 7 nitrogen and oxygen atoms in total. The molecule has 3 heterocycles. The molecule has 0 radical (unpaired) electrons. The first kappa shape index (κ1) is 26.7. The van der Waals surface area contributed by atoms with Gasteiger partial charge in [0.1, 0.15) is 6.61 Å². The van der Waals surface area contributed by atoms with Crippen LogP contribution in [0.2, 0.25) is 0 Å². The Kier molecular flexibility index (Phi) is 9.11. The fraction of sp³-hybridized carbons (Fsp3) is 0.538. The van der Waals surface area contributed by atoms with Gasteiger partial charge in [0, 0.05) is 74.6 Å². The van der Waals surface area contributed by atoms with Crippen LogP contribution in [-0.2, 0) is 11.4 Å². The molecular weight excluding hydrogens is 488 g/mol. The van der Waals surface area contributed by atoms with E-state index in [2.05, 4.69) is 20.5 Å². The van der Waals surface area contributed by atoms with Gasteiger partial charge in [0.2, 0.25) is 11.9 Å². The normalized spacial score (nSPS) is 22.7. The van der Waals surface area contributed by atoms with E-state index in [-0.39, 0.29) is 42.6 Å². The van der Waals surface area contributed by atoms with Gasteiger partial charge in [-0.1, -0.05) is 12.1 Å². The highest BCUT2D eigenvalue weighted by atomic mass is 35.5. The lowest BCUT2D eigenvalue weighted by Gasteiger charge is -2.35. The molecule has 0 spiro atoms. The predicted octanol–water partition coefficient (Wildman–Crippen LogP) is 2.70. The molecule has 1 aromatic heterocycles. The highest BCUT2D eigenvalue weighted by molar-refractivity contribution is 5.85. The number of carbonyl (C=O) groups is 1. The number of halogens is 3. The fourth-order valence-electron chi connectivity index (χ4n) is 5.13. The van der Waals surface area contributed by atoms with Gasteiger partial charge in [0.15, 0.2) is 11.6 Å². The molecule has 1 aromatic carbocycles. The van der Waals surface area contributed by atoms with Crippen molar-refractivity contribution in [3.05, 3.63) is 59.4 Å². The van der Waals surface area contributed by atoms with Gasteiger partial charge in [-0.25, -0.2) is 9.37 Å². The summed E-state index contributed by atoms with van der Waals surface area (Å²) in [6.07, 6.45) is 4.12. The van der Waals surface area contributed by atoms with Gasteiger partial charge >= 0.3 is 0 Å². The quantitative estimate of drug-likeness (QED) is 0.521. The largest absolute Gasteiger partial charge is 0.485 e. The molecule has 0 unspecified atom stereocenters. The molecule has 2 aromatic rings. The molecule has 1 amide bonds. The van der Waals surface area contributed by atoms with Crippen LogP contribution in [0.15, 0.2) is 36.5 Å². The number of rotatable bonds is 8.